The third-order valence-electron chi connectivity index (χ3n) is 3.15. The number of carboxylic acid groups (broad SMARTS) is 2. The highest BCUT2D eigenvalue weighted by molar-refractivity contribution is 5.84. The fraction of sp³-hybridized carbons (Fsp3) is 0.737. The van der Waals surface area contributed by atoms with Crippen LogP contribution in [0.25, 0.3) is 0 Å². The highest BCUT2D eigenvalue weighted by atomic mass is 16.6. The van der Waals surface area contributed by atoms with Crippen LogP contribution in [0.15, 0.2) is 0 Å². The molecule has 1 rings (SSSR count). The van der Waals surface area contributed by atoms with Crippen molar-refractivity contribution in [1.29, 1.82) is 0 Å². The van der Waals surface area contributed by atoms with Gasteiger partial charge in [0.05, 0.1) is 32.3 Å². The van der Waals surface area contributed by atoms with Crippen molar-refractivity contribution in [3.8, 4) is 0 Å². The van der Waals surface area contributed by atoms with E-state index in [1.165, 1.54) is 6.92 Å². The summed E-state index contributed by atoms with van der Waals surface area (Å²) in [5, 5.41) is 33.4. The van der Waals surface area contributed by atoms with E-state index >= 15 is 0 Å². The number of aliphatic carboxylic acids is 2. The van der Waals surface area contributed by atoms with Gasteiger partial charge < -0.3 is 40.0 Å². The van der Waals surface area contributed by atoms with Crippen molar-refractivity contribution < 1.29 is 58.6 Å². The zero-order chi connectivity index (χ0) is 25.7. The lowest BCUT2D eigenvalue weighted by Gasteiger charge is -2.29. The number of hydrogen-bond acceptors (Lipinski definition) is 10. The molecular formula is C19H35NO12. The summed E-state index contributed by atoms with van der Waals surface area (Å²) in [6.07, 6.45) is 0.395. The molecule has 5 N–H and O–H groups in total. The molecule has 3 unspecified atom stereocenters. The molecule has 1 heterocycles. The zero-order valence-corrected chi connectivity index (χ0v) is 19.0. The molecule has 1 amide bonds. The lowest BCUT2D eigenvalue weighted by Crippen LogP contribution is -2.46. The number of aliphatic hydroxyl groups excluding tert-OH is 2. The first kappa shape index (κ1) is 33.9. The maximum atomic E-state index is 11.9. The van der Waals surface area contributed by atoms with E-state index in [-0.39, 0.29) is 31.2 Å². The number of ether oxygens (including phenoxy) is 3. The minimum atomic E-state index is -1.08. The van der Waals surface area contributed by atoms with Crippen molar-refractivity contribution >= 4 is 29.8 Å². The summed E-state index contributed by atoms with van der Waals surface area (Å²) in [7, 11) is 1.00. The summed E-state index contributed by atoms with van der Waals surface area (Å²) in [4.78, 5) is 52.3. The Morgan fingerprint density at radius 3 is 1.97 bits per heavy atom. The predicted octanol–water partition coefficient (Wildman–Crippen LogP) is -0.682. The van der Waals surface area contributed by atoms with Crippen molar-refractivity contribution in [3.05, 3.63) is 0 Å². The number of rotatable bonds is 7. The molecule has 1 saturated heterocycles. The molecule has 13 heteroatoms. The van der Waals surface area contributed by atoms with Gasteiger partial charge in [0, 0.05) is 40.7 Å². The summed E-state index contributed by atoms with van der Waals surface area (Å²) in [5.74, 6) is -3.14. The molecule has 1 aliphatic rings. The van der Waals surface area contributed by atoms with Crippen LogP contribution in [0.2, 0.25) is 0 Å². The van der Waals surface area contributed by atoms with Crippen LogP contribution >= 0.6 is 0 Å². The van der Waals surface area contributed by atoms with E-state index in [0.29, 0.717) is 19.4 Å². The molecule has 0 aromatic heterocycles. The Hall–Kier alpha value is -2.77. The first-order valence-corrected chi connectivity index (χ1v) is 9.62. The van der Waals surface area contributed by atoms with Gasteiger partial charge in [0.15, 0.2) is 6.04 Å². The summed E-state index contributed by atoms with van der Waals surface area (Å²) >= 11 is 0. The molecule has 0 saturated carbocycles. The van der Waals surface area contributed by atoms with Gasteiger partial charge in [-0.1, -0.05) is 0 Å². The number of nitrogens with one attached hydrogen (secondary N) is 1. The van der Waals surface area contributed by atoms with E-state index in [1.807, 2.05) is 0 Å². The van der Waals surface area contributed by atoms with E-state index < -0.39 is 36.5 Å². The van der Waals surface area contributed by atoms with Crippen LogP contribution in [0, 0.1) is 0 Å². The second kappa shape index (κ2) is 21.5. The van der Waals surface area contributed by atoms with E-state index in [1.54, 1.807) is 6.92 Å². The lowest BCUT2D eigenvalue weighted by atomic mass is 10.0. The van der Waals surface area contributed by atoms with Crippen molar-refractivity contribution in [3.63, 3.8) is 0 Å². The second-order valence-corrected chi connectivity index (χ2v) is 6.05. The molecule has 1 fully saturated rings. The molecule has 3 atom stereocenters. The molecule has 0 spiro atoms. The monoisotopic (exact) mass is 469 g/mol. The summed E-state index contributed by atoms with van der Waals surface area (Å²) in [5.41, 5.74) is 0. The third-order valence-corrected chi connectivity index (χ3v) is 3.15. The van der Waals surface area contributed by atoms with Gasteiger partial charge in [-0.05, 0) is 6.92 Å². The van der Waals surface area contributed by atoms with Gasteiger partial charge in [0.1, 0.15) is 6.10 Å². The van der Waals surface area contributed by atoms with Gasteiger partial charge in [0.25, 0.3) is 11.9 Å². The van der Waals surface area contributed by atoms with Crippen LogP contribution in [-0.2, 0) is 38.2 Å². The fourth-order valence-electron chi connectivity index (χ4n) is 2.21. The predicted molar refractivity (Wildman–Crippen MR) is 110 cm³/mol. The fourth-order valence-corrected chi connectivity index (χ4v) is 2.21. The number of esters is 2. The third kappa shape index (κ3) is 23.5. The largest absolute Gasteiger partial charge is 0.481 e. The summed E-state index contributed by atoms with van der Waals surface area (Å²) in [6, 6.07) is -1.08. The van der Waals surface area contributed by atoms with Gasteiger partial charge >= 0.3 is 11.9 Å². The molecular weight excluding hydrogens is 434 g/mol. The van der Waals surface area contributed by atoms with Crippen LogP contribution in [0.3, 0.4) is 0 Å². The van der Waals surface area contributed by atoms with E-state index in [9.17, 15) is 14.4 Å². The highest BCUT2D eigenvalue weighted by Gasteiger charge is 2.28. The number of carbonyl (C=O) groups excluding carboxylic acids is 3. The molecule has 13 nitrogen and oxygen atoms in total. The molecule has 0 aromatic rings. The Kier molecular flexibility index (Phi) is 22.7. The first-order valence-electron chi connectivity index (χ1n) is 9.62. The first-order chi connectivity index (χ1) is 14.9. The Morgan fingerprint density at radius 1 is 1.06 bits per heavy atom. The summed E-state index contributed by atoms with van der Waals surface area (Å²) < 4.78 is 15.3. The van der Waals surface area contributed by atoms with Crippen molar-refractivity contribution in [2.24, 2.45) is 0 Å². The number of carbonyl (C=O) groups is 5. The number of hydrogen-bond donors (Lipinski definition) is 5. The van der Waals surface area contributed by atoms with Crippen molar-refractivity contribution in [1.82, 2.24) is 5.32 Å². The average Bonchev–Trinajstić information content (AvgIpc) is 2.66. The Balaban J connectivity index is -0.000000710. The minimum Gasteiger partial charge on any atom is -0.481 e. The number of aliphatic hydroxyl groups is 2. The second-order valence-electron chi connectivity index (χ2n) is 6.05. The van der Waals surface area contributed by atoms with Gasteiger partial charge in [-0.2, -0.15) is 0 Å². The Morgan fingerprint density at radius 2 is 1.56 bits per heavy atom. The van der Waals surface area contributed by atoms with Crippen LogP contribution < -0.4 is 5.32 Å². The van der Waals surface area contributed by atoms with E-state index in [0.717, 1.165) is 21.0 Å². The van der Waals surface area contributed by atoms with Gasteiger partial charge in [-0.25, -0.2) is 4.79 Å². The smallest absolute Gasteiger partial charge is 0.331 e. The zero-order valence-electron chi connectivity index (χ0n) is 19.0. The topological polar surface area (TPSA) is 206 Å². The molecule has 0 aliphatic carbocycles. The maximum Gasteiger partial charge on any atom is 0.331 e. The normalized spacial score (nSPS) is 17.2. The van der Waals surface area contributed by atoms with Gasteiger partial charge in [0.2, 0.25) is 5.91 Å². The van der Waals surface area contributed by atoms with E-state index in [2.05, 4.69) is 5.32 Å². The van der Waals surface area contributed by atoms with Gasteiger partial charge in [-0.3, -0.25) is 19.2 Å². The molecule has 32 heavy (non-hydrogen) atoms. The quantitative estimate of drug-likeness (QED) is 0.294. The van der Waals surface area contributed by atoms with Crippen LogP contribution in [0.4, 0.5) is 0 Å². The minimum absolute atomic E-state index is 0.0215. The Bertz CT molecular complexity index is 547. The number of carboxylic acids is 2. The lowest BCUT2D eigenvalue weighted by molar-refractivity contribution is -0.155. The maximum absolute atomic E-state index is 11.9. The SMILES string of the molecule is CC(=O)O.CC(=O)O.CCOC(=O)C(CO)NC(=O)CC1CC(OC(C)=O)CCO1.CO. The van der Waals surface area contributed by atoms with Crippen LogP contribution in [0.5, 0.6) is 0 Å². The standard InChI is InChI=1S/C14H23NO7.2C2H4O2.CH4O/c1-3-20-14(19)12(8-16)15-13(18)7-11-6-10(4-5-21-11)22-9(2)17;2*1-2(3)4;1-2/h10-12,16H,3-8H2,1-2H3,(H,15,18);2*1H3,(H,3,4);2H,1H3. The molecule has 0 aromatic carbocycles. The van der Waals surface area contributed by atoms with Crippen molar-refractivity contribution in [2.75, 3.05) is 26.9 Å². The number of amides is 1. The van der Waals surface area contributed by atoms with Crippen molar-refractivity contribution in [2.45, 2.75) is 65.2 Å². The van der Waals surface area contributed by atoms with Crippen LogP contribution in [0.1, 0.15) is 47.0 Å². The Labute approximate surface area is 186 Å². The molecule has 0 radical (unpaired) electrons. The van der Waals surface area contributed by atoms with E-state index in [4.69, 9.17) is 44.2 Å². The van der Waals surface area contributed by atoms with Gasteiger partial charge in [-0.15, -0.1) is 0 Å². The molecule has 1 aliphatic heterocycles. The van der Waals surface area contributed by atoms with Crippen LogP contribution in [-0.4, -0.2) is 95.4 Å². The summed E-state index contributed by atoms with van der Waals surface area (Å²) in [6.45, 7) is 5.17. The molecule has 0 bridgehead atoms. The average molecular weight is 469 g/mol. The molecule has 188 valence electrons. The highest BCUT2D eigenvalue weighted by Crippen LogP contribution is 2.19.